The third-order valence-electron chi connectivity index (χ3n) is 1.70. The van der Waals surface area contributed by atoms with E-state index in [0.29, 0.717) is 5.76 Å². The molecule has 1 aromatic rings. The van der Waals surface area contributed by atoms with Gasteiger partial charge >= 0.3 is 0 Å². The quantitative estimate of drug-likeness (QED) is 0.457. The molecule has 0 saturated carbocycles. The lowest BCUT2D eigenvalue weighted by atomic mass is 10.2. The Morgan fingerprint density at radius 1 is 1.44 bits per heavy atom. The van der Waals surface area contributed by atoms with Gasteiger partial charge in [-0.05, 0) is 38.7 Å². The average Bonchev–Trinajstić information content (AvgIpc) is 2.15. The van der Waals surface area contributed by atoms with Gasteiger partial charge in [0.2, 0.25) is 8.32 Å². The minimum absolute atomic E-state index is 0.0166. The van der Waals surface area contributed by atoms with Crippen LogP contribution in [0.5, 0.6) is 0 Å². The third kappa shape index (κ3) is 4.40. The summed E-state index contributed by atoms with van der Waals surface area (Å²) in [7, 11) is -1.72. The highest BCUT2D eigenvalue weighted by molar-refractivity contribution is 6.70. The van der Waals surface area contributed by atoms with Gasteiger partial charge in [0, 0.05) is 24.0 Å². The van der Waals surface area contributed by atoms with Crippen molar-refractivity contribution < 1.29 is 9.22 Å². The molecular formula is C12H17NO2Si. The van der Waals surface area contributed by atoms with E-state index in [0.717, 1.165) is 5.56 Å². The third-order valence-corrected chi connectivity index (χ3v) is 2.53. The maximum atomic E-state index is 11.2. The van der Waals surface area contributed by atoms with Crippen molar-refractivity contribution in [2.45, 2.75) is 26.6 Å². The van der Waals surface area contributed by atoms with Gasteiger partial charge in [-0.3, -0.25) is 9.78 Å². The first kappa shape index (κ1) is 12.6. The largest absolute Gasteiger partial charge is 0.544 e. The van der Waals surface area contributed by atoms with Gasteiger partial charge in [0.25, 0.3) is 0 Å². The van der Waals surface area contributed by atoms with Crippen LogP contribution in [0.4, 0.5) is 0 Å². The smallest absolute Gasteiger partial charge is 0.242 e. The van der Waals surface area contributed by atoms with Crippen LogP contribution < -0.4 is 0 Å². The first-order valence-electron chi connectivity index (χ1n) is 5.20. The lowest BCUT2D eigenvalue weighted by Gasteiger charge is -2.21. The van der Waals surface area contributed by atoms with E-state index in [1.54, 1.807) is 12.4 Å². The van der Waals surface area contributed by atoms with Crippen molar-refractivity contribution in [3.8, 4) is 0 Å². The number of hydrogen-bond donors (Lipinski definition) is 0. The number of pyridine rings is 1. The van der Waals surface area contributed by atoms with Gasteiger partial charge in [-0.15, -0.1) is 0 Å². The second kappa shape index (κ2) is 5.07. The fourth-order valence-corrected chi connectivity index (χ4v) is 2.03. The lowest BCUT2D eigenvalue weighted by molar-refractivity contribution is -0.112. The van der Waals surface area contributed by atoms with Gasteiger partial charge < -0.3 is 4.43 Å². The molecule has 0 unspecified atom stereocenters. The van der Waals surface area contributed by atoms with Crippen molar-refractivity contribution >= 4 is 19.9 Å². The SMILES string of the molecule is CC(=O)/C=C(/O[Si](C)(C)C)c1cccnc1. The van der Waals surface area contributed by atoms with E-state index in [-0.39, 0.29) is 5.78 Å². The zero-order chi connectivity index (χ0) is 12.2. The Morgan fingerprint density at radius 2 is 2.12 bits per heavy atom. The first-order valence-corrected chi connectivity index (χ1v) is 8.61. The maximum absolute atomic E-state index is 11.2. The standard InChI is InChI=1S/C12H17NO2Si/c1-10(14)8-12(15-16(2,3)4)11-6-5-7-13-9-11/h5-9H,1-4H3/b12-8+. The summed E-state index contributed by atoms with van der Waals surface area (Å²) in [5.74, 6) is 0.608. The van der Waals surface area contributed by atoms with E-state index in [1.807, 2.05) is 12.1 Å². The highest BCUT2D eigenvalue weighted by Crippen LogP contribution is 2.20. The highest BCUT2D eigenvalue weighted by atomic mass is 28.4. The summed E-state index contributed by atoms with van der Waals surface area (Å²) in [4.78, 5) is 15.2. The highest BCUT2D eigenvalue weighted by Gasteiger charge is 2.19. The van der Waals surface area contributed by atoms with Crippen molar-refractivity contribution in [2.24, 2.45) is 0 Å². The molecule has 1 aromatic heterocycles. The number of carbonyl (C=O) groups excluding carboxylic acids is 1. The van der Waals surface area contributed by atoms with E-state index in [4.69, 9.17) is 4.43 Å². The maximum Gasteiger partial charge on any atom is 0.242 e. The molecule has 0 aliphatic carbocycles. The fourth-order valence-electron chi connectivity index (χ4n) is 1.19. The normalized spacial score (nSPS) is 12.4. The molecule has 0 aliphatic rings. The van der Waals surface area contributed by atoms with Crippen molar-refractivity contribution in [1.29, 1.82) is 0 Å². The average molecular weight is 235 g/mol. The molecule has 0 aromatic carbocycles. The predicted molar refractivity (Wildman–Crippen MR) is 67.3 cm³/mol. The lowest BCUT2D eigenvalue weighted by Crippen LogP contribution is -2.24. The van der Waals surface area contributed by atoms with Crippen LogP contribution in [0.2, 0.25) is 19.6 Å². The van der Waals surface area contributed by atoms with Gasteiger partial charge in [0.1, 0.15) is 5.76 Å². The molecule has 0 aliphatic heterocycles. The molecule has 0 atom stereocenters. The second-order valence-electron chi connectivity index (χ2n) is 4.58. The zero-order valence-electron chi connectivity index (χ0n) is 10.2. The van der Waals surface area contributed by atoms with Crippen LogP contribution in [0.1, 0.15) is 12.5 Å². The van der Waals surface area contributed by atoms with Crippen LogP contribution in [-0.4, -0.2) is 19.1 Å². The van der Waals surface area contributed by atoms with Crippen LogP contribution in [0, 0.1) is 0 Å². The molecule has 1 rings (SSSR count). The Morgan fingerprint density at radius 3 is 2.56 bits per heavy atom. The molecule has 0 spiro atoms. The molecule has 0 bridgehead atoms. The predicted octanol–water partition coefficient (Wildman–Crippen LogP) is 2.86. The summed E-state index contributed by atoms with van der Waals surface area (Å²) in [6, 6.07) is 3.72. The summed E-state index contributed by atoms with van der Waals surface area (Å²) in [5, 5.41) is 0. The Kier molecular flexibility index (Phi) is 4.01. The Bertz CT molecular complexity index is 393. The summed E-state index contributed by atoms with van der Waals surface area (Å²) in [6.07, 6.45) is 4.92. The van der Waals surface area contributed by atoms with E-state index >= 15 is 0 Å². The molecule has 16 heavy (non-hydrogen) atoms. The zero-order valence-corrected chi connectivity index (χ0v) is 11.2. The van der Waals surface area contributed by atoms with E-state index in [9.17, 15) is 4.79 Å². The number of ketones is 1. The molecule has 0 amide bonds. The van der Waals surface area contributed by atoms with E-state index in [1.165, 1.54) is 13.0 Å². The van der Waals surface area contributed by atoms with Crippen molar-refractivity contribution in [1.82, 2.24) is 4.98 Å². The molecule has 0 N–H and O–H groups in total. The monoisotopic (exact) mass is 235 g/mol. The van der Waals surface area contributed by atoms with Gasteiger partial charge in [0.05, 0.1) is 0 Å². The number of allylic oxidation sites excluding steroid dienone is 1. The van der Waals surface area contributed by atoms with Gasteiger partial charge in [-0.2, -0.15) is 0 Å². The van der Waals surface area contributed by atoms with E-state index in [2.05, 4.69) is 24.6 Å². The molecule has 0 saturated heterocycles. The summed E-state index contributed by atoms with van der Waals surface area (Å²) in [5.41, 5.74) is 0.847. The van der Waals surface area contributed by atoms with Crippen LogP contribution in [0.15, 0.2) is 30.6 Å². The topological polar surface area (TPSA) is 39.2 Å². The molecule has 0 radical (unpaired) electrons. The minimum Gasteiger partial charge on any atom is -0.544 e. The van der Waals surface area contributed by atoms with Gasteiger partial charge in [0.15, 0.2) is 5.78 Å². The Labute approximate surface area is 97.3 Å². The number of aromatic nitrogens is 1. The Balaban J connectivity index is 3.03. The van der Waals surface area contributed by atoms with Crippen LogP contribution in [-0.2, 0) is 9.22 Å². The van der Waals surface area contributed by atoms with Gasteiger partial charge in [-0.1, -0.05) is 0 Å². The van der Waals surface area contributed by atoms with Crippen LogP contribution in [0.3, 0.4) is 0 Å². The minimum atomic E-state index is -1.72. The summed E-state index contributed by atoms with van der Waals surface area (Å²) >= 11 is 0. The molecular weight excluding hydrogens is 218 g/mol. The summed E-state index contributed by atoms with van der Waals surface area (Å²) < 4.78 is 5.87. The van der Waals surface area contributed by atoms with E-state index < -0.39 is 8.32 Å². The number of nitrogens with zero attached hydrogens (tertiary/aromatic N) is 1. The molecule has 86 valence electrons. The first-order chi connectivity index (χ1) is 7.38. The number of carbonyl (C=O) groups is 1. The fraction of sp³-hybridized carbons (Fsp3) is 0.333. The molecule has 3 nitrogen and oxygen atoms in total. The summed E-state index contributed by atoms with van der Waals surface area (Å²) in [6.45, 7) is 7.76. The molecule has 1 heterocycles. The van der Waals surface area contributed by atoms with Crippen LogP contribution in [0.25, 0.3) is 5.76 Å². The van der Waals surface area contributed by atoms with Gasteiger partial charge in [-0.25, -0.2) is 0 Å². The van der Waals surface area contributed by atoms with Crippen LogP contribution >= 0.6 is 0 Å². The van der Waals surface area contributed by atoms with Crippen molar-refractivity contribution in [2.75, 3.05) is 0 Å². The number of hydrogen-bond acceptors (Lipinski definition) is 3. The molecule has 4 heteroatoms. The molecule has 0 fully saturated rings. The van der Waals surface area contributed by atoms with Crippen molar-refractivity contribution in [3.63, 3.8) is 0 Å². The second-order valence-corrected chi connectivity index (χ2v) is 9.00. The van der Waals surface area contributed by atoms with Crippen molar-refractivity contribution in [3.05, 3.63) is 36.2 Å². The Hall–Kier alpha value is -1.42. The number of rotatable bonds is 4.